The highest BCUT2D eigenvalue weighted by Crippen LogP contribution is 2.47. The number of hydrogen-bond acceptors (Lipinski definition) is 4. The lowest BCUT2D eigenvalue weighted by molar-refractivity contribution is 0.444. The molecule has 0 spiro atoms. The molecule has 2 unspecified atom stereocenters. The molecule has 0 aromatic carbocycles. The molecule has 2 aliphatic rings. The second kappa shape index (κ2) is 6.36. The molecule has 23 heavy (non-hydrogen) atoms. The van der Waals surface area contributed by atoms with Crippen molar-refractivity contribution in [1.82, 2.24) is 10.3 Å². The molecule has 0 bridgehead atoms. The van der Waals surface area contributed by atoms with E-state index in [1.165, 1.54) is 24.8 Å². The molecule has 0 amide bonds. The average molecular weight is 311 g/mol. The van der Waals surface area contributed by atoms with Crippen LogP contribution in [0.25, 0.3) is 0 Å². The topological polar surface area (TPSA) is 41.3 Å². The standard InChI is InChI=1S/C19H25N3O/c1-14-10-17(14)18-6-5-16(23-18)13-20-11-15-4-7-19(21-12-15)22-8-2-3-9-22/h4-7,12,14,17,20H,2-3,8-11,13H2,1H3. The van der Waals surface area contributed by atoms with Gasteiger partial charge in [-0.2, -0.15) is 0 Å². The molecule has 1 N–H and O–H groups in total. The van der Waals surface area contributed by atoms with E-state index in [0.29, 0.717) is 5.92 Å². The largest absolute Gasteiger partial charge is 0.464 e. The summed E-state index contributed by atoms with van der Waals surface area (Å²) >= 11 is 0. The Kier molecular flexibility index (Phi) is 4.08. The zero-order valence-electron chi connectivity index (χ0n) is 13.8. The highest BCUT2D eigenvalue weighted by Gasteiger charge is 2.36. The molecule has 2 atom stereocenters. The second-order valence-electron chi connectivity index (χ2n) is 6.95. The summed E-state index contributed by atoms with van der Waals surface area (Å²) in [4.78, 5) is 6.95. The molecular weight excluding hydrogens is 286 g/mol. The zero-order chi connectivity index (χ0) is 15.6. The van der Waals surface area contributed by atoms with Crippen molar-refractivity contribution < 1.29 is 4.42 Å². The maximum absolute atomic E-state index is 5.92. The first kappa shape index (κ1) is 14.8. The van der Waals surface area contributed by atoms with E-state index in [1.54, 1.807) is 0 Å². The Balaban J connectivity index is 1.26. The number of furan rings is 1. The van der Waals surface area contributed by atoms with Gasteiger partial charge in [0.15, 0.2) is 0 Å². The summed E-state index contributed by atoms with van der Waals surface area (Å²) in [6.07, 6.45) is 5.83. The highest BCUT2D eigenvalue weighted by atomic mass is 16.3. The zero-order valence-corrected chi connectivity index (χ0v) is 13.8. The van der Waals surface area contributed by atoms with Gasteiger partial charge in [0.25, 0.3) is 0 Å². The second-order valence-corrected chi connectivity index (χ2v) is 6.95. The van der Waals surface area contributed by atoms with E-state index >= 15 is 0 Å². The maximum Gasteiger partial charge on any atom is 0.128 e. The summed E-state index contributed by atoms with van der Waals surface area (Å²) in [7, 11) is 0. The van der Waals surface area contributed by atoms with Gasteiger partial charge in [-0.05, 0) is 48.9 Å². The van der Waals surface area contributed by atoms with E-state index in [4.69, 9.17) is 4.42 Å². The van der Waals surface area contributed by atoms with Crippen LogP contribution in [-0.4, -0.2) is 18.1 Å². The molecule has 4 heteroatoms. The van der Waals surface area contributed by atoms with Crippen LogP contribution in [0.1, 0.15) is 49.2 Å². The molecular formula is C19H25N3O. The molecule has 4 rings (SSSR count). The van der Waals surface area contributed by atoms with E-state index in [0.717, 1.165) is 49.4 Å². The normalized spacial score (nSPS) is 23.4. The molecule has 1 aliphatic heterocycles. The van der Waals surface area contributed by atoms with Crippen LogP contribution in [0, 0.1) is 5.92 Å². The Hall–Kier alpha value is -1.81. The summed E-state index contributed by atoms with van der Waals surface area (Å²) in [5.41, 5.74) is 1.22. The summed E-state index contributed by atoms with van der Waals surface area (Å²) in [5.74, 6) is 4.75. The molecule has 2 aromatic rings. The number of rotatable bonds is 6. The van der Waals surface area contributed by atoms with Crippen LogP contribution in [-0.2, 0) is 13.1 Å². The lowest BCUT2D eigenvalue weighted by Crippen LogP contribution is -2.19. The van der Waals surface area contributed by atoms with Crippen molar-refractivity contribution in [2.75, 3.05) is 18.0 Å². The summed E-state index contributed by atoms with van der Waals surface area (Å²) in [5, 5.41) is 3.44. The number of aromatic nitrogens is 1. The van der Waals surface area contributed by atoms with Crippen molar-refractivity contribution >= 4 is 5.82 Å². The SMILES string of the molecule is CC1CC1c1ccc(CNCc2ccc(N3CCCC3)nc2)o1. The highest BCUT2D eigenvalue weighted by molar-refractivity contribution is 5.40. The summed E-state index contributed by atoms with van der Waals surface area (Å²) < 4.78 is 5.92. The first-order valence-corrected chi connectivity index (χ1v) is 8.79. The first-order valence-electron chi connectivity index (χ1n) is 8.79. The van der Waals surface area contributed by atoms with Crippen molar-refractivity contribution in [3.63, 3.8) is 0 Å². The number of nitrogens with one attached hydrogen (secondary N) is 1. The van der Waals surface area contributed by atoms with Crippen LogP contribution in [0.4, 0.5) is 5.82 Å². The molecule has 1 saturated heterocycles. The van der Waals surface area contributed by atoms with E-state index in [1.807, 2.05) is 6.20 Å². The minimum absolute atomic E-state index is 0.658. The fourth-order valence-electron chi connectivity index (χ4n) is 3.39. The smallest absolute Gasteiger partial charge is 0.128 e. The summed E-state index contributed by atoms with van der Waals surface area (Å²) in [6.45, 7) is 6.16. The molecule has 0 radical (unpaired) electrons. The van der Waals surface area contributed by atoms with Crippen molar-refractivity contribution in [2.24, 2.45) is 5.92 Å². The Morgan fingerprint density at radius 2 is 2.00 bits per heavy atom. The fourth-order valence-corrected chi connectivity index (χ4v) is 3.39. The number of nitrogens with zero attached hydrogens (tertiary/aromatic N) is 2. The molecule has 2 aromatic heterocycles. The minimum Gasteiger partial charge on any atom is -0.464 e. The van der Waals surface area contributed by atoms with Gasteiger partial charge in [0.2, 0.25) is 0 Å². The summed E-state index contributed by atoms with van der Waals surface area (Å²) in [6, 6.07) is 8.55. The maximum atomic E-state index is 5.92. The molecule has 1 aliphatic carbocycles. The van der Waals surface area contributed by atoms with Gasteiger partial charge < -0.3 is 14.6 Å². The monoisotopic (exact) mass is 311 g/mol. The molecule has 2 fully saturated rings. The van der Waals surface area contributed by atoms with E-state index in [9.17, 15) is 0 Å². The molecule has 3 heterocycles. The van der Waals surface area contributed by atoms with Gasteiger partial charge in [-0.25, -0.2) is 4.98 Å². The van der Waals surface area contributed by atoms with Crippen LogP contribution in [0.2, 0.25) is 0 Å². The number of anilines is 1. The van der Waals surface area contributed by atoms with Gasteiger partial charge in [0.05, 0.1) is 6.54 Å². The van der Waals surface area contributed by atoms with Crippen LogP contribution >= 0.6 is 0 Å². The Bertz CT molecular complexity index is 643. The van der Waals surface area contributed by atoms with Gasteiger partial charge in [0.1, 0.15) is 17.3 Å². The van der Waals surface area contributed by atoms with Gasteiger partial charge in [0, 0.05) is 31.7 Å². The third-order valence-electron chi connectivity index (χ3n) is 5.02. The van der Waals surface area contributed by atoms with Crippen molar-refractivity contribution in [1.29, 1.82) is 0 Å². The minimum atomic E-state index is 0.658. The molecule has 4 nitrogen and oxygen atoms in total. The molecule has 122 valence electrons. The van der Waals surface area contributed by atoms with Crippen LogP contribution in [0.5, 0.6) is 0 Å². The predicted octanol–water partition coefficient (Wildman–Crippen LogP) is 3.69. The van der Waals surface area contributed by atoms with Crippen molar-refractivity contribution in [2.45, 2.75) is 45.2 Å². The van der Waals surface area contributed by atoms with Gasteiger partial charge in [-0.15, -0.1) is 0 Å². The van der Waals surface area contributed by atoms with Crippen LogP contribution in [0.15, 0.2) is 34.9 Å². The number of pyridine rings is 1. The predicted molar refractivity (Wildman–Crippen MR) is 91.5 cm³/mol. The van der Waals surface area contributed by atoms with E-state index < -0.39 is 0 Å². The van der Waals surface area contributed by atoms with Crippen LogP contribution in [0.3, 0.4) is 0 Å². The Morgan fingerprint density at radius 3 is 2.70 bits per heavy atom. The van der Waals surface area contributed by atoms with Gasteiger partial charge >= 0.3 is 0 Å². The third-order valence-corrected chi connectivity index (χ3v) is 5.02. The lowest BCUT2D eigenvalue weighted by Gasteiger charge is -2.16. The fraction of sp³-hybridized carbons (Fsp3) is 0.526. The lowest BCUT2D eigenvalue weighted by atomic mass is 10.2. The van der Waals surface area contributed by atoms with E-state index in [-0.39, 0.29) is 0 Å². The Labute approximate surface area is 137 Å². The average Bonchev–Trinajstić information content (AvgIpc) is 3.02. The Morgan fingerprint density at radius 1 is 1.17 bits per heavy atom. The molecule has 1 saturated carbocycles. The van der Waals surface area contributed by atoms with Gasteiger partial charge in [-0.1, -0.05) is 13.0 Å². The van der Waals surface area contributed by atoms with Gasteiger partial charge in [-0.3, -0.25) is 0 Å². The van der Waals surface area contributed by atoms with Crippen LogP contribution < -0.4 is 10.2 Å². The van der Waals surface area contributed by atoms with Crippen molar-refractivity contribution in [3.8, 4) is 0 Å². The third kappa shape index (κ3) is 3.42. The van der Waals surface area contributed by atoms with Crippen molar-refractivity contribution in [3.05, 3.63) is 47.5 Å². The number of hydrogen-bond donors (Lipinski definition) is 1. The first-order chi connectivity index (χ1) is 11.3. The van der Waals surface area contributed by atoms with E-state index in [2.05, 4.69) is 46.4 Å². The quantitative estimate of drug-likeness (QED) is 0.883.